The first kappa shape index (κ1) is 14.5. The van der Waals surface area contributed by atoms with Gasteiger partial charge in [0.1, 0.15) is 6.54 Å². The average Bonchev–Trinajstić information content (AvgIpc) is 2.41. The molecule has 0 fully saturated rings. The minimum absolute atomic E-state index is 0.270. The van der Waals surface area contributed by atoms with E-state index in [0.717, 1.165) is 5.56 Å². The monoisotopic (exact) mass is 265 g/mol. The van der Waals surface area contributed by atoms with E-state index in [-0.39, 0.29) is 6.54 Å². The molecule has 0 spiro atoms. The highest BCUT2D eigenvalue weighted by molar-refractivity contribution is 5.86. The van der Waals surface area contributed by atoms with Crippen LogP contribution in [0.2, 0.25) is 0 Å². The van der Waals surface area contributed by atoms with Gasteiger partial charge in [-0.1, -0.05) is 30.3 Å². The fourth-order valence-corrected chi connectivity index (χ4v) is 1.24. The van der Waals surface area contributed by atoms with Gasteiger partial charge in [-0.2, -0.15) is 0 Å². The molecule has 1 aromatic carbocycles. The maximum atomic E-state index is 11.3. The van der Waals surface area contributed by atoms with Crippen LogP contribution in [0.4, 0.5) is 4.79 Å². The van der Waals surface area contributed by atoms with Gasteiger partial charge in [-0.25, -0.2) is 4.79 Å². The molecular weight excluding hydrogens is 250 g/mol. The van der Waals surface area contributed by atoms with Crippen LogP contribution in [-0.4, -0.2) is 36.1 Å². The van der Waals surface area contributed by atoms with Crippen molar-refractivity contribution in [3.63, 3.8) is 0 Å². The maximum Gasteiger partial charge on any atom is 0.322 e. The van der Waals surface area contributed by atoms with Crippen molar-refractivity contribution in [1.82, 2.24) is 16.0 Å². The number of carbonyl (C=O) groups is 3. The van der Waals surface area contributed by atoms with E-state index in [1.165, 1.54) is 0 Å². The SMILES string of the molecule is O=C(O)CNC(=O)CNC(=O)NCc1ccccc1. The molecule has 102 valence electrons. The predicted octanol–water partition coefficient (Wildman–Crippen LogP) is -0.313. The van der Waals surface area contributed by atoms with Gasteiger partial charge < -0.3 is 21.1 Å². The largest absolute Gasteiger partial charge is 0.480 e. The van der Waals surface area contributed by atoms with Crippen LogP contribution in [0.3, 0.4) is 0 Å². The summed E-state index contributed by atoms with van der Waals surface area (Å²) in [4.78, 5) is 32.6. The normalized spacial score (nSPS) is 9.47. The van der Waals surface area contributed by atoms with E-state index in [0.29, 0.717) is 6.54 Å². The number of urea groups is 1. The molecule has 0 bridgehead atoms. The molecule has 1 aromatic rings. The fourth-order valence-electron chi connectivity index (χ4n) is 1.24. The van der Waals surface area contributed by atoms with Crippen molar-refractivity contribution < 1.29 is 19.5 Å². The first-order valence-corrected chi connectivity index (χ1v) is 5.62. The molecule has 1 rings (SSSR count). The predicted molar refractivity (Wildman–Crippen MR) is 67.3 cm³/mol. The van der Waals surface area contributed by atoms with E-state index >= 15 is 0 Å². The lowest BCUT2D eigenvalue weighted by Crippen LogP contribution is -2.42. The molecule has 4 N–H and O–H groups in total. The number of carboxylic acid groups (broad SMARTS) is 1. The summed E-state index contributed by atoms with van der Waals surface area (Å²) in [6.45, 7) is -0.385. The van der Waals surface area contributed by atoms with Crippen LogP contribution < -0.4 is 16.0 Å². The Morgan fingerprint density at radius 2 is 1.63 bits per heavy atom. The Kier molecular flexibility index (Phi) is 5.87. The topological polar surface area (TPSA) is 108 Å². The average molecular weight is 265 g/mol. The zero-order valence-corrected chi connectivity index (χ0v) is 10.2. The summed E-state index contributed by atoms with van der Waals surface area (Å²) in [7, 11) is 0. The molecule has 7 nitrogen and oxygen atoms in total. The first-order chi connectivity index (χ1) is 9.08. The molecule has 3 amide bonds. The van der Waals surface area contributed by atoms with Crippen molar-refractivity contribution in [2.24, 2.45) is 0 Å². The number of aliphatic carboxylic acids is 1. The van der Waals surface area contributed by atoms with Crippen LogP contribution in [0.25, 0.3) is 0 Å². The molecule has 0 unspecified atom stereocenters. The molecule has 0 aliphatic rings. The van der Waals surface area contributed by atoms with E-state index in [2.05, 4.69) is 16.0 Å². The Hall–Kier alpha value is -2.57. The Bertz CT molecular complexity index is 448. The third-order valence-electron chi connectivity index (χ3n) is 2.14. The standard InChI is InChI=1S/C12H15N3O4/c16-10(13-8-11(17)18)7-15-12(19)14-6-9-4-2-1-3-5-9/h1-5H,6-8H2,(H,13,16)(H,17,18)(H2,14,15,19). The van der Waals surface area contributed by atoms with E-state index in [9.17, 15) is 14.4 Å². The Morgan fingerprint density at radius 1 is 0.947 bits per heavy atom. The molecule has 0 aliphatic carbocycles. The zero-order chi connectivity index (χ0) is 14.1. The quantitative estimate of drug-likeness (QED) is 0.565. The van der Waals surface area contributed by atoms with Gasteiger partial charge in [0.15, 0.2) is 0 Å². The number of nitrogens with one attached hydrogen (secondary N) is 3. The lowest BCUT2D eigenvalue weighted by Gasteiger charge is -2.07. The lowest BCUT2D eigenvalue weighted by atomic mass is 10.2. The third kappa shape index (κ3) is 6.67. The van der Waals surface area contributed by atoms with E-state index in [1.54, 1.807) is 0 Å². The van der Waals surface area contributed by atoms with Crippen LogP contribution in [-0.2, 0) is 16.1 Å². The Morgan fingerprint density at radius 3 is 2.26 bits per heavy atom. The number of hydrogen-bond acceptors (Lipinski definition) is 3. The number of rotatable bonds is 6. The van der Waals surface area contributed by atoms with Gasteiger partial charge in [0.2, 0.25) is 5.91 Å². The molecule has 0 aromatic heterocycles. The number of carbonyl (C=O) groups excluding carboxylic acids is 2. The lowest BCUT2D eigenvalue weighted by molar-refractivity contribution is -0.137. The van der Waals surface area contributed by atoms with Crippen molar-refractivity contribution >= 4 is 17.9 Å². The van der Waals surface area contributed by atoms with Gasteiger partial charge in [0, 0.05) is 6.54 Å². The molecule has 0 heterocycles. The van der Waals surface area contributed by atoms with E-state index < -0.39 is 24.5 Å². The van der Waals surface area contributed by atoms with E-state index in [4.69, 9.17) is 5.11 Å². The zero-order valence-electron chi connectivity index (χ0n) is 10.2. The fraction of sp³-hybridized carbons (Fsp3) is 0.250. The summed E-state index contributed by atoms with van der Waals surface area (Å²) >= 11 is 0. The molecule has 0 atom stereocenters. The van der Waals surface area contributed by atoms with Crippen molar-refractivity contribution in [3.05, 3.63) is 35.9 Å². The van der Waals surface area contributed by atoms with Crippen molar-refractivity contribution in [2.45, 2.75) is 6.54 Å². The second-order valence-electron chi connectivity index (χ2n) is 3.69. The minimum atomic E-state index is -1.14. The van der Waals surface area contributed by atoms with Crippen molar-refractivity contribution in [3.8, 4) is 0 Å². The highest BCUT2D eigenvalue weighted by atomic mass is 16.4. The molecule has 7 heteroatoms. The number of amides is 3. The summed E-state index contributed by atoms with van der Waals surface area (Å²) in [5, 5.41) is 15.4. The number of benzene rings is 1. The molecule has 0 radical (unpaired) electrons. The van der Waals surface area contributed by atoms with Gasteiger partial charge in [-0.3, -0.25) is 9.59 Å². The van der Waals surface area contributed by atoms with E-state index in [1.807, 2.05) is 30.3 Å². The molecular formula is C12H15N3O4. The van der Waals surface area contributed by atoms with Gasteiger partial charge in [0.05, 0.1) is 6.54 Å². The van der Waals surface area contributed by atoms with Crippen LogP contribution in [0.15, 0.2) is 30.3 Å². The van der Waals surface area contributed by atoms with Crippen LogP contribution in [0.1, 0.15) is 5.56 Å². The third-order valence-corrected chi connectivity index (χ3v) is 2.14. The minimum Gasteiger partial charge on any atom is -0.480 e. The summed E-state index contributed by atoms with van der Waals surface area (Å²) < 4.78 is 0. The number of carboxylic acids is 1. The smallest absolute Gasteiger partial charge is 0.322 e. The molecule has 0 aliphatic heterocycles. The van der Waals surface area contributed by atoms with Crippen molar-refractivity contribution in [2.75, 3.05) is 13.1 Å². The number of hydrogen-bond donors (Lipinski definition) is 4. The molecule has 0 saturated carbocycles. The van der Waals surface area contributed by atoms with Gasteiger partial charge in [-0.15, -0.1) is 0 Å². The molecule has 0 saturated heterocycles. The van der Waals surface area contributed by atoms with Crippen LogP contribution >= 0.6 is 0 Å². The summed E-state index contributed by atoms with van der Waals surface area (Å²) in [6, 6.07) is 8.81. The van der Waals surface area contributed by atoms with Crippen LogP contribution in [0.5, 0.6) is 0 Å². The van der Waals surface area contributed by atoms with Crippen LogP contribution in [0, 0.1) is 0 Å². The molecule has 19 heavy (non-hydrogen) atoms. The van der Waals surface area contributed by atoms with Gasteiger partial charge in [0.25, 0.3) is 0 Å². The Balaban J connectivity index is 2.17. The Labute approximate surface area is 110 Å². The summed E-state index contributed by atoms with van der Waals surface area (Å²) in [6.07, 6.45) is 0. The summed E-state index contributed by atoms with van der Waals surface area (Å²) in [5.41, 5.74) is 0.938. The highest BCUT2D eigenvalue weighted by Crippen LogP contribution is 1.96. The van der Waals surface area contributed by atoms with Gasteiger partial charge >= 0.3 is 12.0 Å². The van der Waals surface area contributed by atoms with Gasteiger partial charge in [-0.05, 0) is 5.56 Å². The highest BCUT2D eigenvalue weighted by Gasteiger charge is 2.06. The maximum absolute atomic E-state index is 11.3. The summed E-state index contributed by atoms with van der Waals surface area (Å²) in [5.74, 6) is -1.70. The second kappa shape index (κ2) is 7.70. The first-order valence-electron chi connectivity index (χ1n) is 5.62. The second-order valence-corrected chi connectivity index (χ2v) is 3.69. The van der Waals surface area contributed by atoms with Crippen molar-refractivity contribution in [1.29, 1.82) is 0 Å².